The van der Waals surface area contributed by atoms with Crippen LogP contribution in [0.3, 0.4) is 0 Å². The number of esters is 1. The summed E-state index contributed by atoms with van der Waals surface area (Å²) < 4.78 is 5.33. The minimum absolute atomic E-state index is 0.198. The lowest BCUT2D eigenvalue weighted by atomic mass is 10.0. The van der Waals surface area contributed by atoms with Crippen molar-refractivity contribution in [3.8, 4) is 0 Å². The standard InChI is InChI=1S/C14H20ClNO2/c1-9(13(17)18-14(2,3)4)7-10-5-6-11(15)12(16)8-10/h5-6,8-9H,7,16H2,1-4H3. The molecule has 0 aliphatic rings. The Bertz CT molecular complexity index is 438. The summed E-state index contributed by atoms with van der Waals surface area (Å²) in [4.78, 5) is 11.8. The van der Waals surface area contributed by atoms with Crippen LogP contribution in [0.15, 0.2) is 18.2 Å². The zero-order valence-electron chi connectivity index (χ0n) is 11.3. The molecule has 1 unspecified atom stereocenters. The Hall–Kier alpha value is -1.22. The van der Waals surface area contributed by atoms with Gasteiger partial charge in [-0.15, -0.1) is 0 Å². The van der Waals surface area contributed by atoms with E-state index >= 15 is 0 Å². The molecule has 0 aliphatic carbocycles. The number of nitrogens with two attached hydrogens (primary N) is 1. The average molecular weight is 270 g/mol. The number of halogens is 1. The number of carbonyl (C=O) groups is 1. The molecular weight excluding hydrogens is 250 g/mol. The molecular formula is C14H20ClNO2. The van der Waals surface area contributed by atoms with Crippen molar-refractivity contribution in [2.24, 2.45) is 5.92 Å². The third kappa shape index (κ3) is 4.57. The van der Waals surface area contributed by atoms with Gasteiger partial charge in [-0.25, -0.2) is 0 Å². The van der Waals surface area contributed by atoms with Crippen LogP contribution in [0.25, 0.3) is 0 Å². The predicted molar refractivity (Wildman–Crippen MR) is 74.6 cm³/mol. The maximum absolute atomic E-state index is 11.8. The van der Waals surface area contributed by atoms with Gasteiger partial charge < -0.3 is 10.5 Å². The van der Waals surface area contributed by atoms with E-state index in [9.17, 15) is 4.79 Å². The molecule has 1 rings (SSSR count). The first-order valence-electron chi connectivity index (χ1n) is 5.96. The van der Waals surface area contributed by atoms with Gasteiger partial charge in [-0.05, 0) is 44.9 Å². The van der Waals surface area contributed by atoms with Gasteiger partial charge in [0, 0.05) is 0 Å². The average Bonchev–Trinajstić information content (AvgIpc) is 2.21. The van der Waals surface area contributed by atoms with Gasteiger partial charge in [0.15, 0.2) is 0 Å². The van der Waals surface area contributed by atoms with Gasteiger partial charge in [-0.1, -0.05) is 24.6 Å². The van der Waals surface area contributed by atoms with E-state index in [0.29, 0.717) is 17.1 Å². The molecule has 18 heavy (non-hydrogen) atoms. The van der Waals surface area contributed by atoms with Gasteiger partial charge in [0.05, 0.1) is 16.6 Å². The molecule has 0 saturated heterocycles. The van der Waals surface area contributed by atoms with E-state index in [1.807, 2.05) is 33.8 Å². The number of nitrogen functional groups attached to an aromatic ring is 1. The van der Waals surface area contributed by atoms with Crippen molar-refractivity contribution in [3.05, 3.63) is 28.8 Å². The largest absolute Gasteiger partial charge is 0.460 e. The summed E-state index contributed by atoms with van der Waals surface area (Å²) in [6, 6.07) is 5.41. The molecule has 100 valence electrons. The van der Waals surface area contributed by atoms with E-state index in [2.05, 4.69) is 0 Å². The van der Waals surface area contributed by atoms with Crippen molar-refractivity contribution >= 4 is 23.3 Å². The van der Waals surface area contributed by atoms with Crippen LogP contribution in [0.5, 0.6) is 0 Å². The third-order valence-corrected chi connectivity index (χ3v) is 2.76. The number of hydrogen-bond acceptors (Lipinski definition) is 3. The second-order valence-electron chi connectivity index (χ2n) is 5.49. The minimum atomic E-state index is -0.454. The molecule has 1 atom stereocenters. The molecule has 2 N–H and O–H groups in total. The summed E-state index contributed by atoms with van der Waals surface area (Å²) >= 11 is 5.85. The third-order valence-electron chi connectivity index (χ3n) is 2.41. The number of anilines is 1. The summed E-state index contributed by atoms with van der Waals surface area (Å²) in [6.45, 7) is 7.42. The molecule has 0 aromatic heterocycles. The highest BCUT2D eigenvalue weighted by molar-refractivity contribution is 6.33. The maximum atomic E-state index is 11.8. The topological polar surface area (TPSA) is 52.3 Å². The number of ether oxygens (including phenoxy) is 1. The zero-order chi connectivity index (χ0) is 13.9. The van der Waals surface area contributed by atoms with Crippen molar-refractivity contribution in [3.63, 3.8) is 0 Å². The molecule has 0 bridgehead atoms. The zero-order valence-corrected chi connectivity index (χ0v) is 12.0. The Labute approximate surface area is 113 Å². The highest BCUT2D eigenvalue weighted by atomic mass is 35.5. The second-order valence-corrected chi connectivity index (χ2v) is 5.90. The fourth-order valence-electron chi connectivity index (χ4n) is 1.56. The molecule has 1 aromatic rings. The van der Waals surface area contributed by atoms with E-state index in [-0.39, 0.29) is 11.9 Å². The Morgan fingerprint density at radius 3 is 2.56 bits per heavy atom. The monoisotopic (exact) mass is 269 g/mol. The Kier molecular flexibility index (Phi) is 4.63. The van der Waals surface area contributed by atoms with Gasteiger partial charge in [-0.2, -0.15) is 0 Å². The van der Waals surface area contributed by atoms with E-state index in [1.165, 1.54) is 0 Å². The molecule has 1 aromatic carbocycles. The van der Waals surface area contributed by atoms with E-state index < -0.39 is 5.60 Å². The normalized spacial score (nSPS) is 13.2. The first-order valence-corrected chi connectivity index (χ1v) is 6.33. The van der Waals surface area contributed by atoms with Crippen LogP contribution >= 0.6 is 11.6 Å². The first-order chi connectivity index (χ1) is 8.19. The lowest BCUT2D eigenvalue weighted by molar-refractivity contribution is -0.159. The first kappa shape index (κ1) is 14.8. The Balaban J connectivity index is 2.66. The van der Waals surface area contributed by atoms with Crippen LogP contribution in [-0.2, 0) is 16.0 Å². The summed E-state index contributed by atoms with van der Waals surface area (Å²) in [5, 5.41) is 0.531. The van der Waals surface area contributed by atoms with Gasteiger partial charge in [0.1, 0.15) is 5.60 Å². The number of rotatable bonds is 3. The van der Waals surface area contributed by atoms with Crippen molar-refractivity contribution in [1.82, 2.24) is 0 Å². The van der Waals surface area contributed by atoms with Crippen molar-refractivity contribution in [2.45, 2.75) is 39.7 Å². The van der Waals surface area contributed by atoms with Crippen molar-refractivity contribution < 1.29 is 9.53 Å². The molecule has 0 aliphatic heterocycles. The van der Waals surface area contributed by atoms with Crippen LogP contribution in [0.4, 0.5) is 5.69 Å². The second kappa shape index (κ2) is 5.61. The fraction of sp³-hybridized carbons (Fsp3) is 0.500. The Morgan fingerprint density at radius 1 is 1.44 bits per heavy atom. The number of hydrogen-bond donors (Lipinski definition) is 1. The van der Waals surface area contributed by atoms with E-state index in [0.717, 1.165) is 5.56 Å². The summed E-state index contributed by atoms with van der Waals surface area (Å²) in [7, 11) is 0. The minimum Gasteiger partial charge on any atom is -0.460 e. The highest BCUT2D eigenvalue weighted by Gasteiger charge is 2.21. The van der Waals surface area contributed by atoms with Crippen LogP contribution in [0, 0.1) is 5.92 Å². The summed E-state index contributed by atoms with van der Waals surface area (Å²) in [5.41, 5.74) is 6.79. The van der Waals surface area contributed by atoms with Crippen LogP contribution < -0.4 is 5.73 Å². The number of benzene rings is 1. The molecule has 4 heteroatoms. The van der Waals surface area contributed by atoms with Crippen LogP contribution in [0.2, 0.25) is 5.02 Å². The smallest absolute Gasteiger partial charge is 0.309 e. The van der Waals surface area contributed by atoms with Gasteiger partial charge >= 0.3 is 5.97 Å². The molecule has 3 nitrogen and oxygen atoms in total. The van der Waals surface area contributed by atoms with E-state index in [4.69, 9.17) is 22.1 Å². The predicted octanol–water partition coefficient (Wildman–Crippen LogP) is 3.44. The van der Waals surface area contributed by atoms with Crippen LogP contribution in [-0.4, -0.2) is 11.6 Å². The highest BCUT2D eigenvalue weighted by Crippen LogP contribution is 2.22. The molecule has 0 radical (unpaired) electrons. The molecule has 0 heterocycles. The summed E-state index contributed by atoms with van der Waals surface area (Å²) in [5.74, 6) is -0.402. The fourth-order valence-corrected chi connectivity index (χ4v) is 1.68. The van der Waals surface area contributed by atoms with Gasteiger partial charge in [0.25, 0.3) is 0 Å². The van der Waals surface area contributed by atoms with Crippen molar-refractivity contribution in [2.75, 3.05) is 5.73 Å². The van der Waals surface area contributed by atoms with E-state index in [1.54, 1.807) is 12.1 Å². The van der Waals surface area contributed by atoms with Gasteiger partial charge in [-0.3, -0.25) is 4.79 Å². The van der Waals surface area contributed by atoms with Crippen LogP contribution in [0.1, 0.15) is 33.3 Å². The molecule has 0 amide bonds. The maximum Gasteiger partial charge on any atom is 0.309 e. The SMILES string of the molecule is CC(Cc1ccc(Cl)c(N)c1)C(=O)OC(C)(C)C. The lowest BCUT2D eigenvalue weighted by Gasteiger charge is -2.22. The molecule has 0 saturated carbocycles. The van der Waals surface area contributed by atoms with Gasteiger partial charge in [0.2, 0.25) is 0 Å². The molecule has 0 fully saturated rings. The Morgan fingerprint density at radius 2 is 2.06 bits per heavy atom. The quantitative estimate of drug-likeness (QED) is 0.675. The number of carbonyl (C=O) groups excluding carboxylic acids is 1. The van der Waals surface area contributed by atoms with Crippen molar-refractivity contribution in [1.29, 1.82) is 0 Å². The molecule has 0 spiro atoms. The lowest BCUT2D eigenvalue weighted by Crippen LogP contribution is -2.28. The summed E-state index contributed by atoms with van der Waals surface area (Å²) in [6.07, 6.45) is 0.594.